The van der Waals surface area contributed by atoms with Crippen molar-refractivity contribution in [3.63, 3.8) is 0 Å². The molecule has 29 nitrogen and oxygen atoms in total. The summed E-state index contributed by atoms with van der Waals surface area (Å²) in [4.78, 5) is 139. The van der Waals surface area contributed by atoms with E-state index in [0.717, 1.165) is 51.4 Å². The third-order valence-electron chi connectivity index (χ3n) is 19.7. The number of hydrogen-bond acceptors (Lipinski definition) is 22. The number of anilines is 2. The Morgan fingerprint density at radius 3 is 1.39 bits per heavy atom. The van der Waals surface area contributed by atoms with Crippen molar-refractivity contribution >= 4 is 88.7 Å². The number of thioether (sulfide) groups is 1. The first-order valence-corrected chi connectivity index (χ1v) is 46.9. The Bertz CT molecular complexity index is 3450. The maximum Gasteiger partial charge on any atom is 0.410 e. The van der Waals surface area contributed by atoms with Crippen LogP contribution in [0.2, 0.25) is 0 Å². The summed E-state index contributed by atoms with van der Waals surface area (Å²) in [6.07, 6.45) is 32.0. The average molecular weight is 1720 g/mol. The lowest BCUT2D eigenvalue weighted by molar-refractivity contribution is -0.157. The summed E-state index contributed by atoms with van der Waals surface area (Å²) in [5.41, 5.74) is 4.57. The molecule has 7 amide bonds. The molecule has 3 atom stereocenters. The van der Waals surface area contributed by atoms with E-state index in [0.29, 0.717) is 81.6 Å². The number of alkyl carbamates (subject to hydrolysis) is 2. The smallest absolute Gasteiger partial charge is 0.410 e. The molecular weight excluding hydrogens is 1560 g/mol. The summed E-state index contributed by atoms with van der Waals surface area (Å²) in [5.74, 6) is -1.74. The Balaban J connectivity index is 1.80. The van der Waals surface area contributed by atoms with Gasteiger partial charge in [-0.15, -0.1) is 0 Å². The van der Waals surface area contributed by atoms with Gasteiger partial charge in [-0.2, -0.15) is 26.7 Å². The number of nitrogens with zero attached hydrogens (tertiary/aromatic N) is 6. The van der Waals surface area contributed by atoms with Crippen molar-refractivity contribution in [1.29, 1.82) is 0 Å². The summed E-state index contributed by atoms with van der Waals surface area (Å²) in [7, 11) is 0. The number of unbranched alkanes of at least 4 members (excludes halogenated alkanes) is 27. The number of aromatic nitrogens is 4. The van der Waals surface area contributed by atoms with Gasteiger partial charge in [-0.3, -0.25) is 28.5 Å². The zero-order chi connectivity index (χ0) is 89.5. The molecule has 9 N–H and O–H groups in total. The van der Waals surface area contributed by atoms with Gasteiger partial charge in [0.25, 0.3) is 11.9 Å². The molecule has 2 heterocycles. The first-order chi connectivity index (χ1) is 57.5. The normalized spacial score (nSPS) is 12.5. The number of nitrogens with two attached hydrogens (primary N) is 1. The predicted molar refractivity (Wildman–Crippen MR) is 482 cm³/mol. The molecule has 0 saturated heterocycles. The minimum atomic E-state index is -1.12. The van der Waals surface area contributed by atoms with E-state index >= 15 is 0 Å². The Morgan fingerprint density at radius 1 is 0.463 bits per heavy atom. The Hall–Kier alpha value is -8.05. The molecule has 0 aliphatic rings. The number of rotatable bonds is 64. The Kier molecular flexibility index (Phi) is 53.5. The van der Waals surface area contributed by atoms with Crippen LogP contribution in [0.15, 0.2) is 24.3 Å². The van der Waals surface area contributed by atoms with Gasteiger partial charge < -0.3 is 81.0 Å². The lowest BCUT2D eigenvalue weighted by Gasteiger charge is -2.29. The molecule has 0 aliphatic heterocycles. The number of benzene rings is 1. The number of ether oxygens (including phenoxy) is 6. The lowest BCUT2D eigenvalue weighted by atomic mass is 10.0. The summed E-state index contributed by atoms with van der Waals surface area (Å²) < 4.78 is 35.8. The van der Waals surface area contributed by atoms with Gasteiger partial charge in [0.05, 0.1) is 6.54 Å². The van der Waals surface area contributed by atoms with E-state index in [1.54, 1.807) is 117 Å². The molecule has 30 heteroatoms. The number of hydrogen-bond donors (Lipinski definition) is 8. The number of esters is 2. The Labute approximate surface area is 729 Å². The number of nitrogens with one attached hydrogen (secondary N) is 6. The molecule has 0 spiro atoms. The number of amides is 7. The quantitative estimate of drug-likeness (QED) is 0.0148. The molecule has 3 aromatic rings. The van der Waals surface area contributed by atoms with Crippen LogP contribution in [0.3, 0.4) is 0 Å². The largest absolute Gasteiger partial charge is 0.480 e. The first kappa shape index (κ1) is 107. The maximum absolute atomic E-state index is 14.4. The van der Waals surface area contributed by atoms with Gasteiger partial charge >= 0.3 is 36.3 Å². The van der Waals surface area contributed by atoms with Crippen molar-refractivity contribution in [2.75, 3.05) is 81.5 Å². The fourth-order valence-electron chi connectivity index (χ4n) is 13.2. The van der Waals surface area contributed by atoms with E-state index in [1.165, 1.54) is 132 Å². The van der Waals surface area contributed by atoms with Crippen LogP contribution >= 0.6 is 11.8 Å². The SMILES string of the molecule is CCCCCCCCCCCCCCCC(=O)OCC(CSC[C@H](NC(=O)OC(C)(C)C)C(=O)NCCCC[C@H](NC(=O)c1ccc(Cn2c(O)nc3c(N)nc(NCCCC)nc32)cc1)C(=O)NCCCN(CCCCN(CCCNC(=O)OC(C)(C)C)C(=O)OC(C)(C)C)C(=O)OC(C)(C)C)OC(=O)CCCCCCCCCCCCCCC. The molecule has 0 radical (unpaired) electrons. The van der Waals surface area contributed by atoms with Gasteiger partial charge in [0, 0.05) is 82.3 Å². The average Bonchev–Trinajstić information content (AvgIpc) is 1.63. The highest BCUT2D eigenvalue weighted by atomic mass is 32.2. The van der Waals surface area contributed by atoms with Gasteiger partial charge in [-0.1, -0.05) is 193 Å². The van der Waals surface area contributed by atoms with E-state index in [-0.39, 0.29) is 112 Å². The van der Waals surface area contributed by atoms with E-state index in [4.69, 9.17) is 34.2 Å². The molecule has 0 bridgehead atoms. The molecule has 0 fully saturated rings. The molecule has 1 aromatic carbocycles. The molecule has 121 heavy (non-hydrogen) atoms. The van der Waals surface area contributed by atoms with E-state index in [1.807, 2.05) is 0 Å². The van der Waals surface area contributed by atoms with Crippen LogP contribution in [-0.4, -0.2) is 200 Å². The zero-order valence-corrected chi connectivity index (χ0v) is 77.7. The lowest BCUT2D eigenvalue weighted by Crippen LogP contribution is -2.50. The second-order valence-corrected chi connectivity index (χ2v) is 37.1. The standard InChI is InChI=1S/C91H159N13O16S/c1-16-19-22-24-26-28-30-32-34-36-38-40-42-51-74(105)115-66-71(116-75(106)52-43-41-39-37-35-33-31-29-27-25-23-20-17-2)67-121-68-73(98-85(112)118-89(7,8)9)81(109)93-58-45-44-50-72(97-79(107)70-55-53-69(54-56-70)65-104-78-76(99-83(104)110)77(92)100-82(101-78)95-57-21-18-3)80(108)94-59-48-63-102(86(113)119-90(10,11)12)61-46-47-62-103(87(114)120-91(13,14)15)64-49-60-96-84(111)117-88(4,5)6/h53-56,71-73H,16-52,57-68H2,1-15H3,(H,93,109)(H,94,108)(H,96,111)(H,97,107)(H,98,112)(H,99,110)(H3,92,95,100,101)/t71?,72-,73-/m0/s1. The number of aromatic hydroxyl groups is 1. The van der Waals surface area contributed by atoms with Crippen LogP contribution in [0.5, 0.6) is 6.01 Å². The van der Waals surface area contributed by atoms with Gasteiger partial charge in [0.1, 0.15) is 47.2 Å². The van der Waals surface area contributed by atoms with E-state index in [2.05, 4.69) is 67.6 Å². The highest BCUT2D eigenvalue weighted by molar-refractivity contribution is 7.99. The third kappa shape index (κ3) is 52.2. The van der Waals surface area contributed by atoms with Crippen LogP contribution in [0.1, 0.15) is 357 Å². The minimum Gasteiger partial charge on any atom is -0.480 e. The number of fused-ring (bicyclic) bond motifs is 1. The highest BCUT2D eigenvalue weighted by Crippen LogP contribution is 2.27. The summed E-state index contributed by atoms with van der Waals surface area (Å²) in [5, 5.41) is 28.4. The maximum atomic E-state index is 14.4. The third-order valence-corrected chi connectivity index (χ3v) is 20.9. The monoisotopic (exact) mass is 1720 g/mol. The van der Waals surface area contributed by atoms with Crippen molar-refractivity contribution in [1.82, 2.24) is 55.9 Å². The van der Waals surface area contributed by atoms with Gasteiger partial charge in [0.2, 0.25) is 17.8 Å². The summed E-state index contributed by atoms with van der Waals surface area (Å²) in [6.45, 7) is 29.7. The molecular formula is C91H159N13O16S. The predicted octanol–water partition coefficient (Wildman–Crippen LogP) is 18.5. The topological polar surface area (TPSA) is 378 Å². The molecule has 1 unspecified atom stereocenters. The summed E-state index contributed by atoms with van der Waals surface area (Å²) in [6, 6.07) is 4.09. The minimum absolute atomic E-state index is 0.0359. The number of nitrogen functional groups attached to an aromatic ring is 1. The van der Waals surface area contributed by atoms with Crippen molar-refractivity contribution in [3.05, 3.63) is 35.4 Å². The fraction of sp³-hybridized carbons (Fsp3) is 0.780. The van der Waals surface area contributed by atoms with Crippen LogP contribution in [0.4, 0.5) is 30.9 Å². The zero-order valence-electron chi connectivity index (χ0n) is 76.9. The second kappa shape index (κ2) is 60.5. The fourth-order valence-corrected chi connectivity index (χ4v) is 14.3. The van der Waals surface area contributed by atoms with Gasteiger partial charge in [-0.25, -0.2) is 19.2 Å². The number of carbonyl (C=O) groups is 9. The van der Waals surface area contributed by atoms with Gasteiger partial charge in [0.15, 0.2) is 17.0 Å². The molecule has 3 rings (SSSR count). The van der Waals surface area contributed by atoms with Crippen molar-refractivity contribution in [2.45, 2.75) is 389 Å². The molecule has 0 saturated carbocycles. The van der Waals surface area contributed by atoms with Crippen LogP contribution < -0.4 is 37.6 Å². The van der Waals surface area contributed by atoms with Crippen LogP contribution in [0, 0.1) is 0 Å². The van der Waals surface area contributed by atoms with E-state index < -0.39 is 88.7 Å². The van der Waals surface area contributed by atoms with Crippen LogP contribution in [-0.2, 0) is 54.1 Å². The first-order valence-electron chi connectivity index (χ1n) is 45.8. The van der Waals surface area contributed by atoms with Crippen molar-refractivity contribution in [3.8, 4) is 6.01 Å². The Morgan fingerprint density at radius 2 is 0.901 bits per heavy atom. The second-order valence-electron chi connectivity index (χ2n) is 36.0. The molecule has 0 aliphatic carbocycles. The van der Waals surface area contributed by atoms with Gasteiger partial charge in [-0.05, 0) is 165 Å². The number of imidazole rings is 1. The number of carbonyl (C=O) groups excluding carboxylic acids is 9. The molecule has 690 valence electrons. The van der Waals surface area contributed by atoms with Crippen molar-refractivity contribution < 1.29 is 76.7 Å². The van der Waals surface area contributed by atoms with Crippen molar-refractivity contribution in [2.24, 2.45) is 0 Å². The van der Waals surface area contributed by atoms with E-state index in [9.17, 15) is 48.3 Å². The highest BCUT2D eigenvalue weighted by Gasteiger charge is 2.30. The van der Waals surface area contributed by atoms with Crippen LogP contribution in [0.25, 0.3) is 11.2 Å². The summed E-state index contributed by atoms with van der Waals surface area (Å²) >= 11 is 1.26. The molecule has 2 aromatic heterocycles.